The maximum Gasteiger partial charge on any atom is 0.339 e. The average molecular weight is 303 g/mol. The van der Waals surface area contributed by atoms with Crippen LogP contribution >= 0.6 is 0 Å². The SMILES string of the molecule is CCOC(=O)C1=C(C)N(C)C2(O)c3ccccc3C(=O)C12O. The zero-order valence-electron chi connectivity index (χ0n) is 12.6. The van der Waals surface area contributed by atoms with Crippen LogP contribution in [0.5, 0.6) is 0 Å². The van der Waals surface area contributed by atoms with Gasteiger partial charge < -0.3 is 19.8 Å². The number of likely N-dealkylation sites (N-methyl/N-ethyl adjacent to an activating group) is 1. The molecule has 1 aromatic carbocycles. The summed E-state index contributed by atoms with van der Waals surface area (Å²) in [5, 5.41) is 22.2. The molecule has 1 aliphatic carbocycles. The molecule has 3 rings (SSSR count). The molecule has 2 aliphatic rings. The maximum atomic E-state index is 12.7. The van der Waals surface area contributed by atoms with Crippen molar-refractivity contribution in [2.24, 2.45) is 0 Å². The van der Waals surface area contributed by atoms with Gasteiger partial charge in [-0.1, -0.05) is 24.3 Å². The van der Waals surface area contributed by atoms with Crippen molar-refractivity contribution in [2.45, 2.75) is 25.2 Å². The Kier molecular flexibility index (Phi) is 2.95. The molecule has 2 atom stereocenters. The van der Waals surface area contributed by atoms with Gasteiger partial charge >= 0.3 is 5.97 Å². The summed E-state index contributed by atoms with van der Waals surface area (Å²) in [4.78, 5) is 26.3. The Morgan fingerprint density at radius 3 is 2.59 bits per heavy atom. The summed E-state index contributed by atoms with van der Waals surface area (Å²) in [5.74, 6) is -1.50. The second-order valence-corrected chi connectivity index (χ2v) is 5.50. The first-order chi connectivity index (χ1) is 10.3. The number of hydrogen-bond acceptors (Lipinski definition) is 6. The van der Waals surface area contributed by atoms with Crippen LogP contribution in [0, 0.1) is 0 Å². The molecule has 0 saturated heterocycles. The number of allylic oxidation sites excluding steroid dienone is 1. The molecule has 0 fully saturated rings. The first-order valence-electron chi connectivity index (χ1n) is 7.03. The van der Waals surface area contributed by atoms with E-state index in [1.54, 1.807) is 32.0 Å². The monoisotopic (exact) mass is 303 g/mol. The zero-order chi connectivity index (χ0) is 16.3. The van der Waals surface area contributed by atoms with Crippen molar-refractivity contribution in [1.82, 2.24) is 4.90 Å². The Bertz CT molecular complexity index is 725. The first kappa shape index (κ1) is 14.7. The van der Waals surface area contributed by atoms with Gasteiger partial charge in [-0.2, -0.15) is 0 Å². The smallest absolute Gasteiger partial charge is 0.339 e. The minimum Gasteiger partial charge on any atom is -0.462 e. The van der Waals surface area contributed by atoms with Crippen LogP contribution in [0.3, 0.4) is 0 Å². The topological polar surface area (TPSA) is 87.1 Å². The lowest BCUT2D eigenvalue weighted by molar-refractivity contribution is -0.169. The van der Waals surface area contributed by atoms with E-state index < -0.39 is 23.1 Å². The number of nitrogens with zero attached hydrogens (tertiary/aromatic N) is 1. The number of esters is 1. The van der Waals surface area contributed by atoms with Crippen molar-refractivity contribution in [1.29, 1.82) is 0 Å². The van der Waals surface area contributed by atoms with Crippen molar-refractivity contribution in [3.63, 3.8) is 0 Å². The van der Waals surface area contributed by atoms with Crippen LogP contribution in [0.1, 0.15) is 29.8 Å². The van der Waals surface area contributed by atoms with E-state index in [9.17, 15) is 19.8 Å². The van der Waals surface area contributed by atoms with E-state index in [1.807, 2.05) is 0 Å². The Balaban J connectivity index is 2.28. The molecule has 0 radical (unpaired) electrons. The fraction of sp³-hybridized carbons (Fsp3) is 0.375. The lowest BCUT2D eigenvalue weighted by Gasteiger charge is -2.37. The molecule has 2 N–H and O–H groups in total. The number of benzene rings is 1. The van der Waals surface area contributed by atoms with Gasteiger partial charge in [-0.05, 0) is 13.8 Å². The van der Waals surface area contributed by atoms with Gasteiger partial charge in [0, 0.05) is 23.9 Å². The van der Waals surface area contributed by atoms with Crippen LogP contribution < -0.4 is 0 Å². The first-order valence-corrected chi connectivity index (χ1v) is 7.03. The quantitative estimate of drug-likeness (QED) is 0.776. The molecule has 0 spiro atoms. The number of ketones is 1. The molecular formula is C16H17NO5. The number of rotatable bonds is 2. The highest BCUT2D eigenvalue weighted by atomic mass is 16.5. The Morgan fingerprint density at radius 2 is 1.95 bits per heavy atom. The molecule has 1 aliphatic heterocycles. The van der Waals surface area contributed by atoms with E-state index in [2.05, 4.69) is 0 Å². The number of aliphatic hydroxyl groups is 2. The fourth-order valence-electron chi connectivity index (χ4n) is 3.42. The zero-order valence-corrected chi connectivity index (χ0v) is 12.6. The summed E-state index contributed by atoms with van der Waals surface area (Å²) in [5.41, 5.74) is -3.78. The summed E-state index contributed by atoms with van der Waals surface area (Å²) in [7, 11) is 1.53. The third-order valence-corrected chi connectivity index (χ3v) is 4.57. The summed E-state index contributed by atoms with van der Waals surface area (Å²) in [6.07, 6.45) is 0. The number of Topliss-reactive ketones (excluding diaryl/α,β-unsaturated/α-hetero) is 1. The van der Waals surface area contributed by atoms with E-state index in [4.69, 9.17) is 4.74 Å². The normalized spacial score (nSPS) is 29.7. The highest BCUT2D eigenvalue weighted by Crippen LogP contribution is 2.55. The van der Waals surface area contributed by atoms with Crippen LogP contribution in [0.25, 0.3) is 0 Å². The van der Waals surface area contributed by atoms with Gasteiger partial charge in [-0.3, -0.25) is 4.79 Å². The number of carbonyl (C=O) groups excluding carboxylic acids is 2. The van der Waals surface area contributed by atoms with Crippen molar-refractivity contribution in [3.05, 3.63) is 46.7 Å². The van der Waals surface area contributed by atoms with Gasteiger partial charge in [0.2, 0.25) is 17.1 Å². The van der Waals surface area contributed by atoms with E-state index in [-0.39, 0.29) is 23.3 Å². The Hall–Kier alpha value is -2.18. The molecule has 116 valence electrons. The predicted octanol–water partition coefficient (Wildman–Crippen LogP) is 0.542. The minimum absolute atomic E-state index is 0.106. The summed E-state index contributed by atoms with van der Waals surface area (Å²) in [6, 6.07) is 6.41. The van der Waals surface area contributed by atoms with Gasteiger partial charge in [0.05, 0.1) is 6.61 Å². The highest BCUT2D eigenvalue weighted by Gasteiger charge is 2.72. The predicted molar refractivity (Wildman–Crippen MR) is 76.7 cm³/mol. The van der Waals surface area contributed by atoms with Crippen LogP contribution in [0.15, 0.2) is 35.5 Å². The standard InChI is InChI=1S/C16H17NO5/c1-4-22-14(19)12-9(2)17(3)16(21)11-8-6-5-7-10(11)13(18)15(12,16)20/h5-8,20-21H,4H2,1-3H3. The van der Waals surface area contributed by atoms with Crippen LogP contribution in [-0.4, -0.2) is 46.1 Å². The molecule has 2 unspecified atom stereocenters. The maximum absolute atomic E-state index is 12.7. The molecular weight excluding hydrogens is 286 g/mol. The summed E-state index contributed by atoms with van der Waals surface area (Å²) >= 11 is 0. The number of hydrogen-bond donors (Lipinski definition) is 2. The van der Waals surface area contributed by atoms with Gasteiger partial charge in [0.1, 0.15) is 5.57 Å². The Morgan fingerprint density at radius 1 is 1.32 bits per heavy atom. The molecule has 0 saturated carbocycles. The molecule has 0 aromatic heterocycles. The van der Waals surface area contributed by atoms with Crippen molar-refractivity contribution < 1.29 is 24.5 Å². The average Bonchev–Trinajstić information content (AvgIpc) is 2.77. The summed E-state index contributed by atoms with van der Waals surface area (Å²) in [6.45, 7) is 3.30. The van der Waals surface area contributed by atoms with E-state index in [1.165, 1.54) is 18.0 Å². The number of ether oxygens (including phenoxy) is 1. The van der Waals surface area contributed by atoms with E-state index >= 15 is 0 Å². The molecule has 0 amide bonds. The van der Waals surface area contributed by atoms with Crippen molar-refractivity contribution in [3.8, 4) is 0 Å². The fourth-order valence-corrected chi connectivity index (χ4v) is 3.42. The van der Waals surface area contributed by atoms with Crippen molar-refractivity contribution >= 4 is 11.8 Å². The molecule has 22 heavy (non-hydrogen) atoms. The number of carbonyl (C=O) groups is 2. The number of fused-ring (bicyclic) bond motifs is 3. The van der Waals surface area contributed by atoms with Crippen LogP contribution in [-0.2, 0) is 15.3 Å². The third-order valence-electron chi connectivity index (χ3n) is 4.57. The van der Waals surface area contributed by atoms with Crippen LogP contribution in [0.4, 0.5) is 0 Å². The minimum atomic E-state index is -2.36. The Labute approximate surface area is 127 Å². The van der Waals surface area contributed by atoms with Gasteiger partial charge in [-0.15, -0.1) is 0 Å². The molecule has 1 aromatic rings. The lowest BCUT2D eigenvalue weighted by Crippen LogP contribution is -2.57. The van der Waals surface area contributed by atoms with E-state index in [0.717, 1.165) is 0 Å². The lowest BCUT2D eigenvalue weighted by atomic mass is 9.85. The van der Waals surface area contributed by atoms with Gasteiger partial charge in [-0.25, -0.2) is 4.79 Å². The van der Waals surface area contributed by atoms with Gasteiger partial charge in [0.15, 0.2) is 0 Å². The van der Waals surface area contributed by atoms with Crippen LogP contribution in [0.2, 0.25) is 0 Å². The van der Waals surface area contributed by atoms with Crippen molar-refractivity contribution in [2.75, 3.05) is 13.7 Å². The molecule has 0 bridgehead atoms. The molecule has 6 heteroatoms. The highest BCUT2D eigenvalue weighted by molar-refractivity contribution is 6.16. The van der Waals surface area contributed by atoms with Gasteiger partial charge in [0.25, 0.3) is 0 Å². The molecule has 1 heterocycles. The molecule has 6 nitrogen and oxygen atoms in total. The second-order valence-electron chi connectivity index (χ2n) is 5.50. The summed E-state index contributed by atoms with van der Waals surface area (Å²) < 4.78 is 4.96. The third kappa shape index (κ3) is 1.36. The van der Waals surface area contributed by atoms with E-state index in [0.29, 0.717) is 5.70 Å². The second kappa shape index (κ2) is 4.41. The largest absolute Gasteiger partial charge is 0.462 e.